The third kappa shape index (κ3) is 5.46. The fourth-order valence-electron chi connectivity index (χ4n) is 2.31. The SMILES string of the molecule is O=C(/N=c1/ccn(-c2ccccc2)nc1)NSCc1cccc(C(F)(F)F)c1. The highest BCUT2D eigenvalue weighted by atomic mass is 32.2. The van der Waals surface area contributed by atoms with Crippen LogP contribution in [-0.2, 0) is 11.9 Å². The molecule has 0 aliphatic heterocycles. The molecule has 3 rings (SSSR count). The smallest absolute Gasteiger partial charge is 0.280 e. The summed E-state index contributed by atoms with van der Waals surface area (Å²) in [6.45, 7) is 0. The Bertz CT molecular complexity index is 999. The number of carbonyl (C=O) groups excluding carboxylic acids is 1. The minimum Gasteiger partial charge on any atom is -0.280 e. The Morgan fingerprint density at radius 1 is 1.11 bits per heavy atom. The van der Waals surface area contributed by atoms with E-state index in [0.29, 0.717) is 10.9 Å². The molecule has 0 unspecified atom stereocenters. The zero-order valence-corrected chi connectivity index (χ0v) is 15.2. The van der Waals surface area contributed by atoms with Crippen molar-refractivity contribution in [3.8, 4) is 5.69 Å². The Kier molecular flexibility index (Phi) is 6.15. The van der Waals surface area contributed by atoms with Gasteiger partial charge in [-0.15, -0.1) is 0 Å². The number of hydrogen-bond acceptors (Lipinski definition) is 3. The van der Waals surface area contributed by atoms with E-state index in [1.807, 2.05) is 30.3 Å². The lowest BCUT2D eigenvalue weighted by Gasteiger charge is -2.08. The van der Waals surface area contributed by atoms with Gasteiger partial charge in [-0.3, -0.25) is 4.72 Å². The van der Waals surface area contributed by atoms with Crippen LogP contribution in [0.1, 0.15) is 11.1 Å². The number of hydrogen-bond donors (Lipinski definition) is 1. The zero-order chi connectivity index (χ0) is 20.0. The van der Waals surface area contributed by atoms with Crippen molar-refractivity contribution in [1.29, 1.82) is 0 Å². The van der Waals surface area contributed by atoms with Crippen LogP contribution in [0.5, 0.6) is 0 Å². The number of urea groups is 1. The maximum Gasteiger partial charge on any atom is 0.416 e. The van der Waals surface area contributed by atoms with Gasteiger partial charge in [0.2, 0.25) is 0 Å². The summed E-state index contributed by atoms with van der Waals surface area (Å²) in [6, 6.07) is 15.4. The molecule has 0 atom stereocenters. The molecule has 2 aromatic carbocycles. The fourth-order valence-corrected chi connectivity index (χ4v) is 2.90. The molecule has 1 aromatic heterocycles. The number of halogens is 3. The molecule has 0 saturated heterocycles. The van der Waals surface area contributed by atoms with E-state index in [-0.39, 0.29) is 5.75 Å². The monoisotopic (exact) mass is 404 g/mol. The molecule has 0 spiro atoms. The summed E-state index contributed by atoms with van der Waals surface area (Å²) < 4.78 is 42.2. The number of carbonyl (C=O) groups is 1. The van der Waals surface area contributed by atoms with Gasteiger partial charge in [0.15, 0.2) is 0 Å². The molecule has 3 aromatic rings. The number of amides is 2. The van der Waals surface area contributed by atoms with Gasteiger partial charge < -0.3 is 0 Å². The molecule has 28 heavy (non-hydrogen) atoms. The van der Waals surface area contributed by atoms with Crippen molar-refractivity contribution < 1.29 is 18.0 Å². The molecule has 1 N–H and O–H groups in total. The first-order chi connectivity index (χ1) is 13.4. The topological polar surface area (TPSA) is 59.3 Å². The number of aromatic nitrogens is 2. The lowest BCUT2D eigenvalue weighted by atomic mass is 10.1. The van der Waals surface area contributed by atoms with Crippen molar-refractivity contribution >= 4 is 18.0 Å². The van der Waals surface area contributed by atoms with Crippen molar-refractivity contribution in [2.24, 2.45) is 4.99 Å². The summed E-state index contributed by atoms with van der Waals surface area (Å²) in [4.78, 5) is 15.7. The minimum atomic E-state index is -4.39. The summed E-state index contributed by atoms with van der Waals surface area (Å²) in [6.07, 6.45) is -1.27. The average Bonchev–Trinajstić information content (AvgIpc) is 2.69. The summed E-state index contributed by atoms with van der Waals surface area (Å²) in [5.74, 6) is 0.187. The first-order valence-corrected chi connectivity index (χ1v) is 9.13. The van der Waals surface area contributed by atoms with Gasteiger partial charge in [-0.05, 0) is 41.8 Å². The molecule has 1 heterocycles. The van der Waals surface area contributed by atoms with E-state index in [0.717, 1.165) is 29.8 Å². The van der Waals surface area contributed by atoms with E-state index >= 15 is 0 Å². The van der Waals surface area contributed by atoms with Crippen LogP contribution in [0.3, 0.4) is 0 Å². The maximum absolute atomic E-state index is 12.7. The summed E-state index contributed by atoms with van der Waals surface area (Å²) in [5.41, 5.74) is 0.601. The molecule has 144 valence electrons. The van der Waals surface area contributed by atoms with Crippen molar-refractivity contribution in [1.82, 2.24) is 14.5 Å². The maximum atomic E-state index is 12.7. The first-order valence-electron chi connectivity index (χ1n) is 8.15. The highest BCUT2D eigenvalue weighted by Crippen LogP contribution is 2.30. The Morgan fingerprint density at radius 2 is 1.89 bits per heavy atom. The second-order valence-corrected chi connectivity index (χ2v) is 6.45. The number of para-hydroxylation sites is 1. The second kappa shape index (κ2) is 8.75. The van der Waals surface area contributed by atoms with Crippen molar-refractivity contribution in [3.63, 3.8) is 0 Å². The normalized spacial score (nSPS) is 12.0. The zero-order valence-electron chi connectivity index (χ0n) is 14.4. The quantitative estimate of drug-likeness (QED) is 0.658. The Balaban J connectivity index is 1.57. The van der Waals surface area contributed by atoms with Crippen LogP contribution >= 0.6 is 11.9 Å². The molecule has 2 amide bonds. The molecular formula is C19H15F3N4OS. The molecule has 0 radical (unpaired) electrons. The second-order valence-electron chi connectivity index (χ2n) is 5.67. The van der Waals surface area contributed by atoms with Gasteiger partial charge in [-0.2, -0.15) is 23.3 Å². The average molecular weight is 404 g/mol. The number of alkyl halides is 3. The Morgan fingerprint density at radius 3 is 2.57 bits per heavy atom. The molecule has 5 nitrogen and oxygen atoms in total. The summed E-state index contributed by atoms with van der Waals surface area (Å²) in [7, 11) is 0. The van der Waals surface area contributed by atoms with Gasteiger partial charge in [0, 0.05) is 11.9 Å². The predicted octanol–water partition coefficient (Wildman–Crippen LogP) is 4.35. The van der Waals surface area contributed by atoms with Crippen molar-refractivity contribution in [3.05, 3.63) is 89.5 Å². The van der Waals surface area contributed by atoms with Gasteiger partial charge in [-0.25, -0.2) is 9.48 Å². The van der Waals surface area contributed by atoms with E-state index in [4.69, 9.17) is 0 Å². The third-order valence-corrected chi connectivity index (χ3v) is 4.40. The van der Waals surface area contributed by atoms with Gasteiger partial charge in [0.05, 0.1) is 22.8 Å². The van der Waals surface area contributed by atoms with E-state index in [1.54, 1.807) is 23.0 Å². The molecule has 0 aliphatic rings. The fraction of sp³-hybridized carbons (Fsp3) is 0.105. The number of benzene rings is 2. The number of nitrogens with zero attached hydrogens (tertiary/aromatic N) is 3. The lowest BCUT2D eigenvalue weighted by Crippen LogP contribution is -2.17. The Labute approximate surface area is 163 Å². The predicted molar refractivity (Wildman–Crippen MR) is 100 cm³/mol. The van der Waals surface area contributed by atoms with Gasteiger partial charge in [-0.1, -0.05) is 36.4 Å². The van der Waals surface area contributed by atoms with E-state index < -0.39 is 17.8 Å². The van der Waals surface area contributed by atoms with Crippen molar-refractivity contribution in [2.75, 3.05) is 0 Å². The van der Waals surface area contributed by atoms with Gasteiger partial charge >= 0.3 is 12.2 Å². The van der Waals surface area contributed by atoms with Crippen LogP contribution in [0.4, 0.5) is 18.0 Å². The van der Waals surface area contributed by atoms with Crippen LogP contribution in [-0.4, -0.2) is 15.8 Å². The van der Waals surface area contributed by atoms with Crippen LogP contribution in [0.25, 0.3) is 5.69 Å². The van der Waals surface area contributed by atoms with Crippen LogP contribution in [0.15, 0.2) is 78.0 Å². The van der Waals surface area contributed by atoms with Crippen molar-refractivity contribution in [2.45, 2.75) is 11.9 Å². The van der Waals surface area contributed by atoms with Gasteiger partial charge in [0.1, 0.15) is 0 Å². The highest BCUT2D eigenvalue weighted by molar-refractivity contribution is 7.97. The summed E-state index contributed by atoms with van der Waals surface area (Å²) >= 11 is 0.967. The molecule has 0 fully saturated rings. The minimum absolute atomic E-state index is 0.187. The lowest BCUT2D eigenvalue weighted by molar-refractivity contribution is -0.137. The van der Waals surface area contributed by atoms with E-state index in [2.05, 4.69) is 14.8 Å². The highest BCUT2D eigenvalue weighted by Gasteiger charge is 2.30. The molecule has 0 saturated carbocycles. The standard InChI is InChI=1S/C19H15F3N4OS/c20-19(21,22)15-6-4-5-14(11-15)13-28-25-18(27)24-16-9-10-26(23-12-16)17-7-2-1-3-8-17/h1-12H,13H2,(H,25,27)/b24-16-. The molecule has 9 heteroatoms. The summed E-state index contributed by atoms with van der Waals surface area (Å²) in [5, 5.41) is 4.56. The largest absolute Gasteiger partial charge is 0.416 e. The molecule has 0 aliphatic carbocycles. The molecular weight excluding hydrogens is 389 g/mol. The van der Waals surface area contributed by atoms with Crippen LogP contribution < -0.4 is 10.1 Å². The first kappa shape index (κ1) is 19.7. The Hall–Kier alpha value is -3.07. The van der Waals surface area contributed by atoms with Crippen LogP contribution in [0, 0.1) is 0 Å². The van der Waals surface area contributed by atoms with E-state index in [1.165, 1.54) is 12.3 Å². The van der Waals surface area contributed by atoms with Gasteiger partial charge in [0.25, 0.3) is 0 Å². The van der Waals surface area contributed by atoms with E-state index in [9.17, 15) is 18.0 Å². The van der Waals surface area contributed by atoms with Crippen LogP contribution in [0.2, 0.25) is 0 Å². The third-order valence-electron chi connectivity index (χ3n) is 3.60. The number of rotatable bonds is 4. The number of nitrogens with one attached hydrogen (secondary N) is 1. The molecule has 0 bridgehead atoms.